The molecule has 1 aromatic rings. The first-order valence-corrected chi connectivity index (χ1v) is 7.99. The van der Waals surface area contributed by atoms with Crippen molar-refractivity contribution in [3.05, 3.63) is 5.82 Å². The normalized spacial score (nSPS) is 12.0. The van der Waals surface area contributed by atoms with E-state index in [0.717, 1.165) is 31.9 Å². The van der Waals surface area contributed by atoms with Crippen LogP contribution in [-0.4, -0.2) is 50.3 Å². The van der Waals surface area contributed by atoms with E-state index in [1.54, 1.807) is 26.1 Å². The van der Waals surface area contributed by atoms with E-state index in [9.17, 15) is 0 Å². The standard InChI is InChI=1S/C10H22N4O3Si/c1-10-11-13-14(12-10)8-6-5-7-9-18(15-2,16-3)17-4/h5-9H2,1-4H3. The van der Waals surface area contributed by atoms with Crippen molar-refractivity contribution in [1.29, 1.82) is 0 Å². The number of tetrazole rings is 1. The summed E-state index contributed by atoms with van der Waals surface area (Å²) in [4.78, 5) is 1.63. The summed E-state index contributed by atoms with van der Waals surface area (Å²) in [5.41, 5.74) is 0. The molecule has 0 aliphatic heterocycles. The van der Waals surface area contributed by atoms with Crippen molar-refractivity contribution in [3.63, 3.8) is 0 Å². The lowest BCUT2D eigenvalue weighted by Crippen LogP contribution is -2.42. The van der Waals surface area contributed by atoms with Gasteiger partial charge in [0.15, 0.2) is 5.82 Å². The van der Waals surface area contributed by atoms with Crippen LogP contribution in [0.15, 0.2) is 0 Å². The molecule has 0 N–H and O–H groups in total. The van der Waals surface area contributed by atoms with E-state index in [-0.39, 0.29) is 0 Å². The highest BCUT2D eigenvalue weighted by Gasteiger charge is 2.36. The van der Waals surface area contributed by atoms with E-state index in [0.29, 0.717) is 5.82 Å². The summed E-state index contributed by atoms with van der Waals surface area (Å²) in [5.74, 6) is 0.708. The fraction of sp³-hybridized carbons (Fsp3) is 0.900. The molecule has 0 saturated heterocycles. The Balaban J connectivity index is 2.18. The van der Waals surface area contributed by atoms with E-state index in [1.807, 2.05) is 6.92 Å². The second kappa shape index (κ2) is 7.57. The molecule has 0 aliphatic carbocycles. The fourth-order valence-electron chi connectivity index (χ4n) is 1.75. The number of aryl methyl sites for hydroxylation is 2. The minimum atomic E-state index is -2.39. The van der Waals surface area contributed by atoms with E-state index in [1.165, 1.54) is 0 Å². The second-order valence-electron chi connectivity index (χ2n) is 4.04. The molecule has 18 heavy (non-hydrogen) atoms. The minimum absolute atomic E-state index is 0.708. The molecule has 0 atom stereocenters. The Morgan fingerprint density at radius 1 is 1.06 bits per heavy atom. The molecule has 7 nitrogen and oxygen atoms in total. The van der Waals surface area contributed by atoms with Gasteiger partial charge in [-0.1, -0.05) is 6.42 Å². The molecule has 0 spiro atoms. The predicted octanol–water partition coefficient (Wildman–Crippen LogP) is 1.03. The highest BCUT2D eigenvalue weighted by Crippen LogP contribution is 2.17. The number of rotatable bonds is 9. The highest BCUT2D eigenvalue weighted by atomic mass is 28.4. The van der Waals surface area contributed by atoms with Gasteiger partial charge in [0.25, 0.3) is 0 Å². The van der Waals surface area contributed by atoms with Gasteiger partial charge in [-0.15, -0.1) is 10.2 Å². The van der Waals surface area contributed by atoms with E-state index in [2.05, 4.69) is 15.4 Å². The first kappa shape index (κ1) is 15.2. The van der Waals surface area contributed by atoms with Crippen molar-refractivity contribution in [1.82, 2.24) is 20.2 Å². The summed E-state index contributed by atoms with van der Waals surface area (Å²) >= 11 is 0. The van der Waals surface area contributed by atoms with Crippen LogP contribution in [0.5, 0.6) is 0 Å². The maximum Gasteiger partial charge on any atom is 0.500 e. The van der Waals surface area contributed by atoms with Crippen LogP contribution in [0, 0.1) is 6.92 Å². The van der Waals surface area contributed by atoms with Crippen molar-refractivity contribution >= 4 is 8.80 Å². The monoisotopic (exact) mass is 274 g/mol. The molecule has 0 amide bonds. The summed E-state index contributed by atoms with van der Waals surface area (Å²) in [7, 11) is 2.53. The Hall–Kier alpha value is -0.833. The molecule has 104 valence electrons. The van der Waals surface area contributed by atoms with Gasteiger partial charge >= 0.3 is 8.80 Å². The van der Waals surface area contributed by atoms with Crippen molar-refractivity contribution in [2.45, 2.75) is 38.8 Å². The summed E-state index contributed by atoms with van der Waals surface area (Å²) in [6.07, 6.45) is 3.08. The number of nitrogens with zero attached hydrogens (tertiary/aromatic N) is 4. The van der Waals surface area contributed by atoms with Gasteiger partial charge in [0, 0.05) is 27.4 Å². The lowest BCUT2D eigenvalue weighted by Gasteiger charge is -2.24. The van der Waals surface area contributed by atoms with E-state index < -0.39 is 8.80 Å². The first-order valence-electron chi connectivity index (χ1n) is 6.05. The molecule has 1 aromatic heterocycles. The number of hydrogen-bond donors (Lipinski definition) is 0. The van der Waals surface area contributed by atoms with Gasteiger partial charge in [-0.2, -0.15) is 4.80 Å². The van der Waals surface area contributed by atoms with Gasteiger partial charge in [0.1, 0.15) is 0 Å². The zero-order valence-electron chi connectivity index (χ0n) is 11.5. The predicted molar refractivity (Wildman–Crippen MR) is 68.0 cm³/mol. The Labute approximate surface area is 109 Å². The number of hydrogen-bond acceptors (Lipinski definition) is 6. The van der Waals surface area contributed by atoms with Crippen LogP contribution in [0.25, 0.3) is 0 Å². The molecule has 1 rings (SSSR count). The summed E-state index contributed by atoms with van der Waals surface area (Å²) in [6, 6.07) is 0.834. The van der Waals surface area contributed by atoms with Gasteiger partial charge in [-0.05, 0) is 25.0 Å². The molecule has 0 radical (unpaired) electrons. The topological polar surface area (TPSA) is 71.3 Å². The quantitative estimate of drug-likeness (QED) is 0.495. The highest BCUT2D eigenvalue weighted by molar-refractivity contribution is 6.60. The van der Waals surface area contributed by atoms with Gasteiger partial charge in [0.05, 0.1) is 6.54 Å². The first-order chi connectivity index (χ1) is 8.65. The van der Waals surface area contributed by atoms with Crippen LogP contribution in [-0.2, 0) is 19.8 Å². The molecule has 0 aromatic carbocycles. The van der Waals surface area contributed by atoms with Crippen LogP contribution in [0.2, 0.25) is 6.04 Å². The third kappa shape index (κ3) is 4.45. The number of unbranched alkanes of at least 4 members (excludes halogenated alkanes) is 2. The lowest BCUT2D eigenvalue weighted by atomic mass is 10.2. The maximum absolute atomic E-state index is 5.36. The van der Waals surface area contributed by atoms with Crippen LogP contribution in [0.3, 0.4) is 0 Å². The average molecular weight is 274 g/mol. The fourth-order valence-corrected chi connectivity index (χ4v) is 3.54. The van der Waals surface area contributed by atoms with Crippen molar-refractivity contribution in [3.8, 4) is 0 Å². The van der Waals surface area contributed by atoms with Crippen LogP contribution < -0.4 is 0 Å². The summed E-state index contributed by atoms with van der Waals surface area (Å²) < 4.78 is 16.1. The molecule has 0 bridgehead atoms. The zero-order valence-corrected chi connectivity index (χ0v) is 12.5. The molecular weight excluding hydrogens is 252 g/mol. The average Bonchev–Trinajstić information content (AvgIpc) is 2.80. The Kier molecular flexibility index (Phi) is 6.40. The SMILES string of the molecule is CO[Si](CCCCCn1nnc(C)n1)(OC)OC. The summed E-state index contributed by atoms with van der Waals surface area (Å²) in [6.45, 7) is 2.63. The van der Waals surface area contributed by atoms with Crippen LogP contribution >= 0.6 is 0 Å². The molecule has 0 fully saturated rings. The lowest BCUT2D eigenvalue weighted by molar-refractivity contribution is 0.122. The summed E-state index contributed by atoms with van der Waals surface area (Å²) in [5, 5.41) is 11.9. The zero-order chi connectivity index (χ0) is 13.4. The van der Waals surface area contributed by atoms with Crippen molar-refractivity contribution in [2.24, 2.45) is 0 Å². The second-order valence-corrected chi connectivity index (χ2v) is 7.13. The van der Waals surface area contributed by atoms with Gasteiger partial charge in [0.2, 0.25) is 0 Å². The third-order valence-corrected chi connectivity index (χ3v) is 5.66. The largest absolute Gasteiger partial charge is 0.500 e. The van der Waals surface area contributed by atoms with Crippen LogP contribution in [0.4, 0.5) is 0 Å². The molecule has 0 aliphatic rings. The third-order valence-electron chi connectivity index (χ3n) is 2.83. The van der Waals surface area contributed by atoms with Crippen molar-refractivity contribution in [2.75, 3.05) is 21.3 Å². The van der Waals surface area contributed by atoms with Gasteiger partial charge in [-0.25, -0.2) is 0 Å². The molecule has 1 heterocycles. The minimum Gasteiger partial charge on any atom is -0.377 e. The Bertz CT molecular complexity index is 335. The molecule has 8 heteroatoms. The Morgan fingerprint density at radius 2 is 1.72 bits per heavy atom. The van der Waals surface area contributed by atoms with Crippen molar-refractivity contribution < 1.29 is 13.3 Å². The molecule has 0 saturated carbocycles. The van der Waals surface area contributed by atoms with E-state index >= 15 is 0 Å². The molecular formula is C10H22N4O3Si. The number of aromatic nitrogens is 4. The van der Waals surface area contributed by atoms with Crippen LogP contribution in [0.1, 0.15) is 25.1 Å². The van der Waals surface area contributed by atoms with E-state index in [4.69, 9.17) is 13.3 Å². The van der Waals surface area contributed by atoms with Gasteiger partial charge in [-0.3, -0.25) is 0 Å². The molecule has 0 unspecified atom stereocenters. The smallest absolute Gasteiger partial charge is 0.377 e. The van der Waals surface area contributed by atoms with Gasteiger partial charge < -0.3 is 13.3 Å². The Morgan fingerprint density at radius 3 is 2.22 bits per heavy atom. The maximum atomic E-state index is 5.36.